The van der Waals surface area contributed by atoms with Gasteiger partial charge in [0, 0.05) is 67.5 Å². The molecule has 1 saturated heterocycles. The van der Waals surface area contributed by atoms with Crippen molar-refractivity contribution in [3.63, 3.8) is 0 Å². The molecule has 2 aromatic carbocycles. The van der Waals surface area contributed by atoms with Crippen molar-refractivity contribution in [3.05, 3.63) is 78.2 Å². The summed E-state index contributed by atoms with van der Waals surface area (Å²) in [6, 6.07) is 17.7. The molecule has 0 atom stereocenters. The molecule has 37 heavy (non-hydrogen) atoms. The maximum Gasteiger partial charge on any atom is 0.238 e. The molecule has 1 N–H and O–H groups in total. The quantitative estimate of drug-likeness (QED) is 0.395. The highest BCUT2D eigenvalue weighted by Gasteiger charge is 2.22. The monoisotopic (exact) mass is 498 g/mol. The molecule has 0 bridgehead atoms. The van der Waals surface area contributed by atoms with Crippen LogP contribution in [0.25, 0.3) is 10.8 Å². The Morgan fingerprint density at radius 3 is 2.35 bits per heavy atom. The minimum absolute atomic E-state index is 0.0635. The molecule has 1 amide bonds. The number of ether oxygens (including phenoxy) is 2. The van der Waals surface area contributed by atoms with Gasteiger partial charge in [-0.25, -0.2) is 0 Å². The van der Waals surface area contributed by atoms with Gasteiger partial charge in [0.05, 0.1) is 26.5 Å². The van der Waals surface area contributed by atoms with Crippen molar-refractivity contribution < 1.29 is 14.3 Å². The van der Waals surface area contributed by atoms with Crippen molar-refractivity contribution in [3.8, 4) is 11.5 Å². The Kier molecular flexibility index (Phi) is 7.41. The highest BCUT2D eigenvalue weighted by Crippen LogP contribution is 2.30. The number of piperazine rings is 1. The molecule has 0 aliphatic carbocycles. The Morgan fingerprint density at radius 2 is 1.62 bits per heavy atom. The number of carbonyl (C=O) groups is 1. The lowest BCUT2D eigenvalue weighted by atomic mass is 10.0. The summed E-state index contributed by atoms with van der Waals surface area (Å²) in [5.41, 5.74) is 2.79. The summed E-state index contributed by atoms with van der Waals surface area (Å²) in [6.45, 7) is 3.37. The van der Waals surface area contributed by atoms with E-state index in [9.17, 15) is 4.79 Å². The van der Waals surface area contributed by atoms with Gasteiger partial charge in [0.25, 0.3) is 0 Å². The number of carbonyl (C=O) groups excluding carboxylic acids is 1. The number of benzene rings is 2. The van der Waals surface area contributed by atoms with Gasteiger partial charge in [0.15, 0.2) is 17.3 Å². The van der Waals surface area contributed by atoms with Crippen LogP contribution < -0.4 is 19.7 Å². The summed E-state index contributed by atoms with van der Waals surface area (Å²) in [6.07, 6.45) is 4.30. The summed E-state index contributed by atoms with van der Waals surface area (Å²) < 4.78 is 10.6. The van der Waals surface area contributed by atoms with Crippen LogP contribution in [0.1, 0.15) is 11.3 Å². The Labute approximate surface area is 216 Å². The van der Waals surface area contributed by atoms with Gasteiger partial charge in [-0.05, 0) is 29.8 Å². The van der Waals surface area contributed by atoms with Crippen molar-refractivity contribution in [1.29, 1.82) is 0 Å². The Bertz CT molecular complexity index is 1370. The van der Waals surface area contributed by atoms with E-state index in [0.29, 0.717) is 30.2 Å². The van der Waals surface area contributed by atoms with Crippen molar-refractivity contribution in [2.45, 2.75) is 6.42 Å². The molecule has 4 aromatic rings. The van der Waals surface area contributed by atoms with Gasteiger partial charge in [0.1, 0.15) is 0 Å². The number of nitrogens with zero attached hydrogens (tertiary/aromatic N) is 5. The van der Waals surface area contributed by atoms with Crippen molar-refractivity contribution in [2.75, 3.05) is 57.2 Å². The molecule has 5 rings (SSSR count). The smallest absolute Gasteiger partial charge is 0.238 e. The van der Waals surface area contributed by atoms with Crippen LogP contribution >= 0.6 is 0 Å². The molecule has 1 aliphatic rings. The zero-order valence-corrected chi connectivity index (χ0v) is 21.1. The van der Waals surface area contributed by atoms with Crippen LogP contribution in [0.5, 0.6) is 11.5 Å². The molecule has 9 heteroatoms. The topological polar surface area (TPSA) is 92.7 Å². The van der Waals surface area contributed by atoms with E-state index in [4.69, 9.17) is 9.47 Å². The second-order valence-corrected chi connectivity index (χ2v) is 8.93. The van der Waals surface area contributed by atoms with Gasteiger partial charge in [-0.3, -0.25) is 14.7 Å². The lowest BCUT2D eigenvalue weighted by molar-refractivity contribution is -0.117. The van der Waals surface area contributed by atoms with E-state index in [1.54, 1.807) is 44.8 Å². The molecule has 3 heterocycles. The third kappa shape index (κ3) is 5.62. The molecule has 0 saturated carbocycles. The van der Waals surface area contributed by atoms with E-state index < -0.39 is 0 Å². The van der Waals surface area contributed by atoms with Crippen LogP contribution in [0.4, 0.5) is 11.5 Å². The number of fused-ring (bicyclic) bond motifs is 1. The van der Waals surface area contributed by atoms with Gasteiger partial charge in [-0.15, -0.1) is 5.10 Å². The zero-order valence-electron chi connectivity index (χ0n) is 21.1. The normalized spacial score (nSPS) is 13.9. The van der Waals surface area contributed by atoms with Crippen molar-refractivity contribution in [1.82, 2.24) is 20.1 Å². The number of anilines is 2. The van der Waals surface area contributed by atoms with Crippen molar-refractivity contribution >= 4 is 28.2 Å². The third-order valence-corrected chi connectivity index (χ3v) is 6.57. The first-order valence-electron chi connectivity index (χ1n) is 12.3. The summed E-state index contributed by atoms with van der Waals surface area (Å²) in [5.74, 6) is 2.03. The highest BCUT2D eigenvalue weighted by atomic mass is 16.5. The number of hydrogen-bond acceptors (Lipinski definition) is 8. The zero-order chi connectivity index (χ0) is 25.6. The molecule has 2 aromatic heterocycles. The Balaban J connectivity index is 1.22. The average molecular weight is 499 g/mol. The Morgan fingerprint density at radius 1 is 0.892 bits per heavy atom. The first-order valence-corrected chi connectivity index (χ1v) is 12.3. The number of nitrogens with one attached hydrogen (secondary N) is 1. The summed E-state index contributed by atoms with van der Waals surface area (Å²) in [5, 5.41) is 14.4. The highest BCUT2D eigenvalue weighted by molar-refractivity contribution is 5.94. The molecule has 0 spiro atoms. The van der Waals surface area contributed by atoms with Crippen LogP contribution in [-0.4, -0.2) is 72.9 Å². The van der Waals surface area contributed by atoms with Crippen LogP contribution in [0.3, 0.4) is 0 Å². The van der Waals surface area contributed by atoms with Crippen LogP contribution in [0.15, 0.2) is 67.0 Å². The Hall–Kier alpha value is -4.24. The maximum absolute atomic E-state index is 12.7. The van der Waals surface area contributed by atoms with Gasteiger partial charge in [-0.1, -0.05) is 24.3 Å². The predicted molar refractivity (Wildman–Crippen MR) is 143 cm³/mol. The molecule has 1 aliphatic heterocycles. The van der Waals surface area contributed by atoms with E-state index in [2.05, 4.69) is 42.4 Å². The van der Waals surface area contributed by atoms with E-state index in [1.807, 2.05) is 24.3 Å². The van der Waals surface area contributed by atoms with Crippen LogP contribution in [0.2, 0.25) is 0 Å². The fourth-order valence-electron chi connectivity index (χ4n) is 4.64. The number of aromatic nitrogens is 3. The van der Waals surface area contributed by atoms with Crippen LogP contribution in [-0.2, 0) is 11.2 Å². The molecule has 190 valence electrons. The molecule has 9 nitrogen and oxygen atoms in total. The first-order chi connectivity index (χ1) is 18.1. The molecular formula is C28H30N6O3. The number of amides is 1. The number of hydrogen-bond donors (Lipinski definition) is 1. The van der Waals surface area contributed by atoms with Crippen LogP contribution in [0, 0.1) is 0 Å². The molecule has 0 radical (unpaired) electrons. The minimum Gasteiger partial charge on any atom is -0.493 e. The second-order valence-electron chi connectivity index (χ2n) is 8.93. The van der Waals surface area contributed by atoms with E-state index in [1.165, 1.54) is 0 Å². The first kappa shape index (κ1) is 24.5. The maximum atomic E-state index is 12.7. The SMILES string of the molecule is COc1ccc(NC(=O)CN2CCN(c3nnc(Cc4ccncc4)c4ccccc34)CC2)cc1OC. The van der Waals surface area contributed by atoms with E-state index in [-0.39, 0.29) is 5.91 Å². The minimum atomic E-state index is -0.0635. The fourth-order valence-corrected chi connectivity index (χ4v) is 4.64. The van der Waals surface area contributed by atoms with Gasteiger partial charge >= 0.3 is 0 Å². The van der Waals surface area contributed by atoms with Gasteiger partial charge in [-0.2, -0.15) is 5.10 Å². The largest absolute Gasteiger partial charge is 0.493 e. The van der Waals surface area contributed by atoms with Gasteiger partial charge in [0.2, 0.25) is 5.91 Å². The van der Waals surface area contributed by atoms with Gasteiger partial charge < -0.3 is 19.7 Å². The summed E-state index contributed by atoms with van der Waals surface area (Å²) >= 11 is 0. The van der Waals surface area contributed by atoms with E-state index >= 15 is 0 Å². The fraction of sp³-hybridized carbons (Fsp3) is 0.286. The molecular weight excluding hydrogens is 468 g/mol. The third-order valence-electron chi connectivity index (χ3n) is 6.57. The molecule has 1 fully saturated rings. The molecule has 0 unspecified atom stereocenters. The summed E-state index contributed by atoms with van der Waals surface area (Å²) in [7, 11) is 3.16. The lowest BCUT2D eigenvalue weighted by Gasteiger charge is -2.35. The average Bonchev–Trinajstić information content (AvgIpc) is 2.94. The summed E-state index contributed by atoms with van der Waals surface area (Å²) in [4.78, 5) is 21.2. The number of methoxy groups -OCH3 is 2. The predicted octanol–water partition coefficient (Wildman–Crippen LogP) is 3.39. The standard InChI is InChI=1S/C28H30N6O3/c1-36-25-8-7-21(18-26(25)37-2)30-27(35)19-33-13-15-34(16-14-33)28-23-6-4-3-5-22(23)24(31-32-28)17-20-9-11-29-12-10-20/h3-12,18H,13-17,19H2,1-2H3,(H,30,35). The van der Waals surface area contributed by atoms with Crippen molar-refractivity contribution in [2.24, 2.45) is 0 Å². The second kappa shape index (κ2) is 11.2. The van der Waals surface area contributed by atoms with E-state index in [0.717, 1.165) is 54.0 Å². The number of rotatable bonds is 8. The number of pyridine rings is 1. The lowest BCUT2D eigenvalue weighted by Crippen LogP contribution is -2.49.